The Hall–Kier alpha value is -3.48. The SMILES string of the molecule is C#CC(O)c1c(F)c(Cl)c(-c2cn3cc(NC=O)nc3cn2)c2cn[nH]c12. The number of hydrogen-bond donors (Lipinski definition) is 3. The first kappa shape index (κ1) is 17.0. The highest BCUT2D eigenvalue weighted by Gasteiger charge is 2.25. The molecule has 3 heterocycles. The molecule has 0 spiro atoms. The Morgan fingerprint density at radius 1 is 1.44 bits per heavy atom. The van der Waals surface area contributed by atoms with Crippen molar-refractivity contribution in [1.29, 1.82) is 0 Å². The van der Waals surface area contributed by atoms with E-state index in [9.17, 15) is 14.3 Å². The molecule has 10 heteroatoms. The predicted molar refractivity (Wildman–Crippen MR) is 96.5 cm³/mol. The van der Waals surface area contributed by atoms with E-state index in [2.05, 4.69) is 31.4 Å². The van der Waals surface area contributed by atoms with Gasteiger partial charge in [0.25, 0.3) is 0 Å². The summed E-state index contributed by atoms with van der Waals surface area (Å²) in [6, 6.07) is 0. The molecule has 27 heavy (non-hydrogen) atoms. The molecule has 0 fully saturated rings. The van der Waals surface area contributed by atoms with Crippen LogP contribution in [-0.2, 0) is 4.79 Å². The number of aromatic nitrogens is 5. The van der Waals surface area contributed by atoms with Crippen molar-refractivity contribution in [2.45, 2.75) is 6.10 Å². The standard InChI is InChI=1S/C17H10ClFN6O2/c1-2-10(27)14-16(19)15(18)13(8-3-22-24-17(8)14)9-5-25-6-11(21-7-26)23-12(25)4-20-9/h1,3-7,10,27H,(H,21,26)(H,22,24). The first-order valence-corrected chi connectivity index (χ1v) is 7.96. The maximum Gasteiger partial charge on any atom is 0.212 e. The number of carbonyl (C=O) groups excluding carboxylic acids is 1. The molecular formula is C17H10ClFN6O2. The van der Waals surface area contributed by atoms with Gasteiger partial charge >= 0.3 is 0 Å². The molecule has 1 aromatic carbocycles. The summed E-state index contributed by atoms with van der Waals surface area (Å²) in [5, 5.41) is 19.2. The fourth-order valence-electron chi connectivity index (χ4n) is 2.89. The number of halogens is 2. The lowest BCUT2D eigenvalue weighted by Crippen LogP contribution is -2.02. The number of carbonyl (C=O) groups is 1. The van der Waals surface area contributed by atoms with Gasteiger partial charge in [-0.05, 0) is 0 Å². The van der Waals surface area contributed by atoms with Crippen LogP contribution in [0.1, 0.15) is 11.7 Å². The zero-order valence-electron chi connectivity index (χ0n) is 13.4. The van der Waals surface area contributed by atoms with E-state index in [4.69, 9.17) is 18.0 Å². The molecular weight excluding hydrogens is 375 g/mol. The Morgan fingerprint density at radius 2 is 2.26 bits per heavy atom. The third-order valence-electron chi connectivity index (χ3n) is 4.06. The molecule has 134 valence electrons. The number of nitrogens with zero attached hydrogens (tertiary/aromatic N) is 4. The number of amides is 1. The monoisotopic (exact) mass is 384 g/mol. The van der Waals surface area contributed by atoms with Crippen molar-refractivity contribution in [3.63, 3.8) is 0 Å². The van der Waals surface area contributed by atoms with Gasteiger partial charge in [-0.1, -0.05) is 17.5 Å². The van der Waals surface area contributed by atoms with Gasteiger partial charge in [0.1, 0.15) is 6.10 Å². The summed E-state index contributed by atoms with van der Waals surface area (Å²) >= 11 is 6.26. The number of fused-ring (bicyclic) bond motifs is 2. The highest BCUT2D eigenvalue weighted by Crippen LogP contribution is 2.40. The minimum atomic E-state index is -1.49. The molecule has 0 bridgehead atoms. The van der Waals surface area contributed by atoms with Crippen LogP contribution in [0.4, 0.5) is 10.2 Å². The highest BCUT2D eigenvalue weighted by molar-refractivity contribution is 6.35. The molecule has 4 aromatic rings. The van der Waals surface area contributed by atoms with Gasteiger partial charge in [0.2, 0.25) is 6.41 Å². The molecule has 0 saturated carbocycles. The maximum atomic E-state index is 14.9. The number of H-pyrrole nitrogens is 1. The molecule has 0 aliphatic carbocycles. The zero-order valence-corrected chi connectivity index (χ0v) is 14.2. The van der Waals surface area contributed by atoms with E-state index in [1.807, 2.05) is 0 Å². The number of imidazole rings is 1. The quantitative estimate of drug-likeness (QED) is 0.369. The molecule has 0 aliphatic heterocycles. The summed E-state index contributed by atoms with van der Waals surface area (Å²) in [6.07, 6.45) is 10.3. The molecule has 0 radical (unpaired) electrons. The first-order valence-electron chi connectivity index (χ1n) is 7.58. The zero-order chi connectivity index (χ0) is 19.1. The number of nitrogens with one attached hydrogen (secondary N) is 2. The van der Waals surface area contributed by atoms with Crippen LogP contribution < -0.4 is 5.32 Å². The number of aliphatic hydroxyl groups excluding tert-OH is 1. The van der Waals surface area contributed by atoms with Gasteiger partial charge in [-0.3, -0.25) is 14.9 Å². The van der Waals surface area contributed by atoms with Crippen LogP contribution >= 0.6 is 11.6 Å². The highest BCUT2D eigenvalue weighted by atomic mass is 35.5. The van der Waals surface area contributed by atoms with Gasteiger partial charge in [0, 0.05) is 17.1 Å². The van der Waals surface area contributed by atoms with Crippen molar-refractivity contribution in [3.05, 3.63) is 41.2 Å². The Labute approximate surface area is 156 Å². The average molecular weight is 385 g/mol. The molecule has 4 rings (SSSR count). The largest absolute Gasteiger partial charge is 0.376 e. The summed E-state index contributed by atoms with van der Waals surface area (Å²) in [4.78, 5) is 19.0. The van der Waals surface area contributed by atoms with Gasteiger partial charge in [-0.2, -0.15) is 5.10 Å². The van der Waals surface area contributed by atoms with E-state index >= 15 is 0 Å². The fraction of sp³-hybridized carbons (Fsp3) is 0.0588. The van der Waals surface area contributed by atoms with Gasteiger partial charge in [0.15, 0.2) is 17.3 Å². The third kappa shape index (κ3) is 2.59. The van der Waals surface area contributed by atoms with Crippen LogP contribution in [0.25, 0.3) is 27.8 Å². The summed E-state index contributed by atoms with van der Waals surface area (Å²) in [6.45, 7) is 0. The summed E-state index contributed by atoms with van der Waals surface area (Å²) in [5.41, 5.74) is 1.18. The number of aliphatic hydroxyl groups is 1. The van der Waals surface area contributed by atoms with E-state index in [1.165, 1.54) is 12.4 Å². The molecule has 3 N–H and O–H groups in total. The summed E-state index contributed by atoms with van der Waals surface area (Å²) in [7, 11) is 0. The predicted octanol–water partition coefficient (Wildman–Crippen LogP) is 2.30. The average Bonchev–Trinajstić information content (AvgIpc) is 3.28. The lowest BCUT2D eigenvalue weighted by atomic mass is 9.99. The van der Waals surface area contributed by atoms with Crippen LogP contribution in [0.3, 0.4) is 0 Å². The Morgan fingerprint density at radius 3 is 3.00 bits per heavy atom. The van der Waals surface area contributed by atoms with Gasteiger partial charge in [-0.25, -0.2) is 9.37 Å². The van der Waals surface area contributed by atoms with Crippen LogP contribution in [0, 0.1) is 18.2 Å². The van der Waals surface area contributed by atoms with Gasteiger partial charge in [0.05, 0.1) is 40.4 Å². The van der Waals surface area contributed by atoms with E-state index in [1.54, 1.807) is 16.8 Å². The number of terminal acetylenes is 1. The van der Waals surface area contributed by atoms with Crippen molar-refractivity contribution >= 4 is 40.4 Å². The van der Waals surface area contributed by atoms with E-state index in [-0.39, 0.29) is 21.7 Å². The molecule has 1 amide bonds. The molecule has 1 unspecified atom stereocenters. The fourth-order valence-corrected chi connectivity index (χ4v) is 3.19. The molecule has 3 aromatic heterocycles. The van der Waals surface area contributed by atoms with Crippen molar-refractivity contribution in [2.75, 3.05) is 5.32 Å². The minimum absolute atomic E-state index is 0.153. The molecule has 0 aliphatic rings. The normalized spacial score (nSPS) is 12.2. The van der Waals surface area contributed by atoms with E-state index < -0.39 is 11.9 Å². The van der Waals surface area contributed by atoms with Crippen LogP contribution in [0.2, 0.25) is 5.02 Å². The van der Waals surface area contributed by atoms with E-state index in [0.29, 0.717) is 29.0 Å². The Kier molecular flexibility index (Phi) is 3.99. The third-order valence-corrected chi connectivity index (χ3v) is 4.42. The summed E-state index contributed by atoms with van der Waals surface area (Å²) in [5.74, 6) is 1.55. The topological polar surface area (TPSA) is 108 Å². The van der Waals surface area contributed by atoms with Crippen LogP contribution in [0.5, 0.6) is 0 Å². The second-order valence-electron chi connectivity index (χ2n) is 5.57. The first-order chi connectivity index (χ1) is 13.0. The Balaban J connectivity index is 1.98. The van der Waals surface area contributed by atoms with Crippen molar-refractivity contribution in [1.82, 2.24) is 24.6 Å². The molecule has 8 nitrogen and oxygen atoms in total. The number of rotatable bonds is 4. The summed E-state index contributed by atoms with van der Waals surface area (Å²) < 4.78 is 16.5. The van der Waals surface area contributed by atoms with Crippen LogP contribution in [0.15, 0.2) is 24.8 Å². The number of benzene rings is 1. The second-order valence-corrected chi connectivity index (χ2v) is 5.95. The number of aromatic amines is 1. The second kappa shape index (κ2) is 6.35. The number of hydrogen-bond acceptors (Lipinski definition) is 5. The lowest BCUT2D eigenvalue weighted by molar-refractivity contribution is -0.105. The lowest BCUT2D eigenvalue weighted by Gasteiger charge is -2.13. The van der Waals surface area contributed by atoms with E-state index in [0.717, 1.165) is 0 Å². The van der Waals surface area contributed by atoms with Crippen molar-refractivity contribution in [3.8, 4) is 23.6 Å². The van der Waals surface area contributed by atoms with Crippen LogP contribution in [-0.4, -0.2) is 36.1 Å². The maximum absolute atomic E-state index is 14.9. The van der Waals surface area contributed by atoms with Crippen molar-refractivity contribution in [2.24, 2.45) is 0 Å². The van der Waals surface area contributed by atoms with Gasteiger partial charge < -0.3 is 14.8 Å². The smallest absolute Gasteiger partial charge is 0.212 e. The minimum Gasteiger partial charge on any atom is -0.376 e. The number of anilines is 1. The molecule has 0 saturated heterocycles. The van der Waals surface area contributed by atoms with Gasteiger partial charge in [-0.15, -0.1) is 6.42 Å². The van der Waals surface area contributed by atoms with Crippen molar-refractivity contribution < 1.29 is 14.3 Å². The molecule has 1 atom stereocenters. The Bertz CT molecular complexity index is 1240.